The van der Waals surface area contributed by atoms with E-state index < -0.39 is 217 Å². The minimum absolute atomic E-state index is 0.894. The van der Waals surface area contributed by atoms with Crippen LogP contribution >= 0.6 is 0 Å². The second kappa shape index (κ2) is 23.5. The summed E-state index contributed by atoms with van der Waals surface area (Å²) in [7, 11) is 0. The lowest BCUT2D eigenvalue weighted by molar-refractivity contribution is -0.400. The first-order valence-electron chi connectivity index (χ1n) is 21.8. The summed E-state index contributed by atoms with van der Waals surface area (Å²) >= 11 is 0. The number of carbonyl (C=O) groups is 1. The second-order valence-corrected chi connectivity index (χ2v) is 17.5. The molecule has 0 saturated carbocycles. The third kappa shape index (κ3) is 11.4. The van der Waals surface area contributed by atoms with E-state index in [0.29, 0.717) is 0 Å². The van der Waals surface area contributed by atoms with Crippen LogP contribution < -0.4 is 5.32 Å². The number of amides is 1. The largest absolute Gasteiger partial charge is 0.394 e. The molecular weight excluding hydrogens is 934 g/mol. The van der Waals surface area contributed by atoms with Crippen molar-refractivity contribution in [3.8, 4) is 0 Å². The lowest BCUT2D eigenvalue weighted by Crippen LogP contribution is -2.71. The Morgan fingerprint density at radius 3 is 1.32 bits per heavy atom. The molecule has 0 aliphatic carbocycles. The van der Waals surface area contributed by atoms with Gasteiger partial charge in [-0.3, -0.25) is 4.79 Å². The van der Waals surface area contributed by atoms with Crippen molar-refractivity contribution in [1.82, 2.24) is 5.32 Å². The maximum absolute atomic E-state index is 13.1. The van der Waals surface area contributed by atoms with Crippen LogP contribution in [0, 0.1) is 0 Å². The van der Waals surface area contributed by atoms with E-state index in [1.54, 1.807) is 0 Å². The van der Waals surface area contributed by atoms with Gasteiger partial charge in [-0.25, -0.2) is 0 Å². The number of aliphatic hydroxyl groups is 17. The summed E-state index contributed by atoms with van der Waals surface area (Å²) in [5, 5.41) is 184. The Morgan fingerprint density at radius 2 is 0.794 bits per heavy atom. The van der Waals surface area contributed by atoms with Gasteiger partial charge in [-0.1, -0.05) is 0 Å². The predicted molar refractivity (Wildman–Crippen MR) is 208 cm³/mol. The van der Waals surface area contributed by atoms with E-state index in [2.05, 4.69) is 5.32 Å². The summed E-state index contributed by atoms with van der Waals surface area (Å²) in [6.45, 7) is -0.357. The van der Waals surface area contributed by atoms with Gasteiger partial charge in [-0.2, -0.15) is 0 Å². The summed E-state index contributed by atoms with van der Waals surface area (Å²) in [6.07, 6.45) is -54.0. The fraction of sp³-hybridized carbons (Fsp3) is 0.974. The molecule has 6 saturated heterocycles. The summed E-state index contributed by atoms with van der Waals surface area (Å²) in [4.78, 5) is 13.1. The molecule has 0 aromatic carbocycles. The maximum atomic E-state index is 13.1. The first-order valence-corrected chi connectivity index (χ1v) is 21.8. The van der Waals surface area contributed by atoms with Gasteiger partial charge in [-0.05, 0) is 13.8 Å². The first kappa shape index (κ1) is 55.7. The SMILES string of the molecule is CC(=O)N[C@H]1[C@H](O[C@H]2[C@@H](O)[C@@H](CO)O[C@@H](O[C@H]3[C@H](O)[C@@H](O)C(O)O[C@@H]3CO)[C@@H]2O)O[C@H](CO)[C@@H](O[C@@H]2O[C@@H](C)[C@@H](O)[C@@H](O)[C@@H]2O)[C@@H]1O[C@@H]1O[C@H](CO)[C@H](O)[C@H](O)[C@H]1O[C@@H]1O[C@@H](C)[C@@H](O)[C@@H](O)[C@@H]1O. The van der Waals surface area contributed by atoms with Crippen LogP contribution in [0.5, 0.6) is 0 Å². The summed E-state index contributed by atoms with van der Waals surface area (Å²) in [5.74, 6) is -0.894. The highest BCUT2D eigenvalue weighted by atomic mass is 16.8. The molecule has 30 atom stereocenters. The molecule has 1 amide bonds. The molecule has 6 rings (SSSR count). The lowest BCUT2D eigenvalue weighted by Gasteiger charge is -2.52. The standard InChI is InChI=1S/C38H65NO29/c1-8-16(45)20(49)25(54)35(58-8)65-29-14(7-43)63-34(67-31-19(48)12(5-41)61-37(27(31)56)64-28-13(6-42)60-33(57)24(53)23(28)52)15(39-10(3)44)30(29)66-38-32(22(51)18(47)11(4-40)62-38)68-36-26(55)21(50)17(46)9(2)59-36/h8-9,11-38,40-43,45-57H,4-7H2,1-3H3,(H,39,44)/t8-,9-,11+,12+,13+,14+,15+,16+,17+,18-,19-,20+,21+,22-,23+,24+,25-,26-,27+,28+,29+,30+,31-,32+,33?,34-,35-,36-,37-,38-/m0/s1. The Hall–Kier alpha value is -1.65. The average molecular weight is 1000 g/mol. The Bertz CT molecular complexity index is 1590. The molecule has 6 heterocycles. The Labute approximate surface area is 386 Å². The van der Waals surface area contributed by atoms with Crippen molar-refractivity contribution >= 4 is 5.91 Å². The second-order valence-electron chi connectivity index (χ2n) is 17.5. The van der Waals surface area contributed by atoms with E-state index in [1.165, 1.54) is 13.8 Å². The molecule has 0 radical (unpaired) electrons. The van der Waals surface area contributed by atoms with Crippen LogP contribution in [0.1, 0.15) is 20.8 Å². The van der Waals surface area contributed by atoms with Crippen molar-refractivity contribution in [2.24, 2.45) is 0 Å². The Morgan fingerprint density at radius 1 is 0.382 bits per heavy atom. The quantitative estimate of drug-likeness (QED) is 0.0724. The number of ether oxygens (including phenoxy) is 11. The molecule has 30 heteroatoms. The van der Waals surface area contributed by atoms with Crippen molar-refractivity contribution in [3.05, 3.63) is 0 Å². The highest BCUT2D eigenvalue weighted by Crippen LogP contribution is 2.38. The van der Waals surface area contributed by atoms with Crippen LogP contribution in [0.3, 0.4) is 0 Å². The molecule has 6 aliphatic heterocycles. The fourth-order valence-corrected chi connectivity index (χ4v) is 8.78. The van der Waals surface area contributed by atoms with Crippen LogP contribution in [-0.2, 0) is 56.9 Å². The molecular formula is C38H65NO29. The van der Waals surface area contributed by atoms with E-state index in [4.69, 9.17) is 52.1 Å². The van der Waals surface area contributed by atoms with E-state index >= 15 is 0 Å². The number of hydrogen-bond donors (Lipinski definition) is 18. The van der Waals surface area contributed by atoms with Gasteiger partial charge in [0.25, 0.3) is 0 Å². The van der Waals surface area contributed by atoms with E-state index in [1.807, 2.05) is 0 Å². The van der Waals surface area contributed by atoms with Crippen molar-refractivity contribution in [2.75, 3.05) is 26.4 Å². The number of rotatable bonds is 15. The lowest BCUT2D eigenvalue weighted by atomic mass is 9.93. The average Bonchev–Trinajstić information content (AvgIpc) is 3.31. The molecule has 68 heavy (non-hydrogen) atoms. The van der Waals surface area contributed by atoms with Crippen molar-refractivity contribution in [3.63, 3.8) is 0 Å². The molecule has 30 nitrogen and oxygen atoms in total. The molecule has 18 N–H and O–H groups in total. The third-order valence-corrected chi connectivity index (χ3v) is 12.8. The summed E-state index contributed by atoms with van der Waals surface area (Å²) in [6, 6.07) is -1.86. The van der Waals surface area contributed by atoms with Gasteiger partial charge in [0.1, 0.15) is 134 Å². The van der Waals surface area contributed by atoms with Crippen LogP contribution in [0.25, 0.3) is 0 Å². The van der Waals surface area contributed by atoms with Crippen LogP contribution in [0.2, 0.25) is 0 Å². The smallest absolute Gasteiger partial charge is 0.217 e. The Kier molecular flexibility index (Phi) is 19.2. The fourth-order valence-electron chi connectivity index (χ4n) is 8.78. The zero-order valence-electron chi connectivity index (χ0n) is 36.7. The monoisotopic (exact) mass is 999 g/mol. The zero-order valence-corrected chi connectivity index (χ0v) is 36.7. The number of aliphatic hydroxyl groups excluding tert-OH is 17. The minimum atomic E-state index is -2.19. The predicted octanol–water partition coefficient (Wildman–Crippen LogP) is -11.9. The van der Waals surface area contributed by atoms with E-state index in [-0.39, 0.29) is 0 Å². The van der Waals surface area contributed by atoms with Crippen LogP contribution in [0.15, 0.2) is 0 Å². The number of nitrogens with one attached hydrogen (secondary N) is 1. The minimum Gasteiger partial charge on any atom is -0.394 e. The summed E-state index contributed by atoms with van der Waals surface area (Å²) in [5.41, 5.74) is 0. The van der Waals surface area contributed by atoms with E-state index in [9.17, 15) is 91.6 Å². The van der Waals surface area contributed by atoms with Crippen LogP contribution in [-0.4, -0.2) is 303 Å². The number of carbonyl (C=O) groups excluding carboxylic acids is 1. The van der Waals surface area contributed by atoms with Crippen LogP contribution in [0.4, 0.5) is 0 Å². The molecule has 0 aromatic heterocycles. The van der Waals surface area contributed by atoms with E-state index in [0.717, 1.165) is 6.92 Å². The van der Waals surface area contributed by atoms with Crippen molar-refractivity contribution < 1.29 is 144 Å². The molecule has 0 bridgehead atoms. The summed E-state index contributed by atoms with van der Waals surface area (Å²) < 4.78 is 63.9. The maximum Gasteiger partial charge on any atom is 0.217 e. The topological polar surface area (TPSA) is 475 Å². The van der Waals surface area contributed by atoms with Gasteiger partial charge in [0.05, 0.1) is 38.6 Å². The highest BCUT2D eigenvalue weighted by molar-refractivity contribution is 5.73. The normalized spacial score (nSPS) is 52.6. The van der Waals surface area contributed by atoms with Gasteiger partial charge in [-0.15, -0.1) is 0 Å². The van der Waals surface area contributed by atoms with Crippen molar-refractivity contribution in [2.45, 2.75) is 205 Å². The molecule has 396 valence electrons. The molecule has 0 aromatic rings. The molecule has 6 fully saturated rings. The Balaban J connectivity index is 1.39. The zero-order chi connectivity index (χ0) is 50.2. The van der Waals surface area contributed by atoms with Gasteiger partial charge in [0.2, 0.25) is 5.91 Å². The number of hydrogen-bond acceptors (Lipinski definition) is 29. The molecule has 6 aliphatic rings. The highest BCUT2D eigenvalue weighted by Gasteiger charge is 2.59. The van der Waals surface area contributed by atoms with Gasteiger partial charge in [0.15, 0.2) is 37.7 Å². The molecule has 1 unspecified atom stereocenters. The van der Waals surface area contributed by atoms with Gasteiger partial charge >= 0.3 is 0 Å². The third-order valence-electron chi connectivity index (χ3n) is 12.8. The van der Waals surface area contributed by atoms with Gasteiger partial charge in [0, 0.05) is 6.92 Å². The molecule has 0 spiro atoms. The first-order chi connectivity index (χ1) is 32.1. The van der Waals surface area contributed by atoms with Crippen molar-refractivity contribution in [1.29, 1.82) is 0 Å². The van der Waals surface area contributed by atoms with Gasteiger partial charge < -0.3 is 144 Å².